The molecule has 0 amide bonds. The minimum Gasteiger partial charge on any atom is -0.327 e. The van der Waals surface area contributed by atoms with Crippen LogP contribution in [0.1, 0.15) is 38.6 Å². The van der Waals surface area contributed by atoms with Crippen molar-refractivity contribution in [2.75, 3.05) is 0 Å². The fourth-order valence-corrected chi connectivity index (χ4v) is 2.90. The van der Waals surface area contributed by atoms with Crippen LogP contribution in [0.3, 0.4) is 0 Å². The average molecular weight is 278 g/mol. The molecule has 0 aliphatic heterocycles. The second-order valence-electron chi connectivity index (χ2n) is 5.83. The molecule has 19 heavy (non-hydrogen) atoms. The van der Waals surface area contributed by atoms with Gasteiger partial charge in [0, 0.05) is 23.5 Å². The summed E-state index contributed by atoms with van der Waals surface area (Å²) >= 11 is 6.10. The number of imidazole rings is 1. The number of benzene rings is 1. The molecule has 0 radical (unpaired) electrons. The highest BCUT2D eigenvalue weighted by atomic mass is 35.5. The molecule has 1 aromatic carbocycles. The van der Waals surface area contributed by atoms with Crippen molar-refractivity contribution < 1.29 is 0 Å². The summed E-state index contributed by atoms with van der Waals surface area (Å²) in [6, 6.07) is 6.49. The van der Waals surface area contributed by atoms with E-state index in [1.54, 1.807) is 0 Å². The normalized spacial score (nSPS) is 17.3. The van der Waals surface area contributed by atoms with Gasteiger partial charge in [-0.2, -0.15) is 0 Å². The molecule has 0 spiro atoms. The van der Waals surface area contributed by atoms with E-state index in [2.05, 4.69) is 18.4 Å². The van der Waals surface area contributed by atoms with Crippen molar-refractivity contribution >= 4 is 22.6 Å². The zero-order valence-electron chi connectivity index (χ0n) is 11.4. The first kappa shape index (κ1) is 12.9. The molecule has 2 aromatic rings. The van der Waals surface area contributed by atoms with Crippen LogP contribution in [0, 0.1) is 5.92 Å². The monoisotopic (exact) mass is 277 g/mol. The molecular weight excluding hydrogens is 258 g/mol. The molecule has 1 unspecified atom stereocenters. The van der Waals surface area contributed by atoms with Crippen LogP contribution in [-0.2, 0) is 6.42 Å². The Morgan fingerprint density at radius 3 is 2.79 bits per heavy atom. The highest BCUT2D eigenvalue weighted by Gasteiger charge is 2.30. The van der Waals surface area contributed by atoms with Crippen molar-refractivity contribution in [3.8, 4) is 0 Å². The first-order valence-corrected chi connectivity index (χ1v) is 7.36. The van der Waals surface area contributed by atoms with E-state index in [9.17, 15) is 0 Å². The maximum absolute atomic E-state index is 6.25. The molecule has 1 aliphatic carbocycles. The van der Waals surface area contributed by atoms with Crippen molar-refractivity contribution in [2.24, 2.45) is 11.7 Å². The second-order valence-corrected chi connectivity index (χ2v) is 6.27. The standard InChI is InChI=1S/C15H20ClN3/c1-9(2)19-14-7-11(16)5-6-13(14)18-15(19)8-12(17)10-3-4-10/h5-7,9-10,12H,3-4,8,17H2,1-2H3. The first-order chi connectivity index (χ1) is 9.06. The molecule has 1 heterocycles. The zero-order chi connectivity index (χ0) is 13.6. The molecule has 3 rings (SSSR count). The molecule has 1 atom stereocenters. The van der Waals surface area contributed by atoms with E-state index in [-0.39, 0.29) is 6.04 Å². The van der Waals surface area contributed by atoms with Crippen LogP contribution < -0.4 is 5.73 Å². The van der Waals surface area contributed by atoms with E-state index in [4.69, 9.17) is 22.3 Å². The lowest BCUT2D eigenvalue weighted by Gasteiger charge is -2.16. The zero-order valence-corrected chi connectivity index (χ0v) is 12.2. The van der Waals surface area contributed by atoms with Crippen molar-refractivity contribution in [1.29, 1.82) is 0 Å². The summed E-state index contributed by atoms with van der Waals surface area (Å²) in [5.41, 5.74) is 8.37. The van der Waals surface area contributed by atoms with Gasteiger partial charge in [0.05, 0.1) is 11.0 Å². The fourth-order valence-electron chi connectivity index (χ4n) is 2.74. The Kier molecular flexibility index (Phi) is 3.27. The summed E-state index contributed by atoms with van der Waals surface area (Å²) in [5.74, 6) is 1.79. The van der Waals surface area contributed by atoms with Crippen molar-refractivity contribution in [2.45, 2.75) is 45.2 Å². The van der Waals surface area contributed by atoms with Gasteiger partial charge in [0.2, 0.25) is 0 Å². The number of nitrogens with zero attached hydrogens (tertiary/aromatic N) is 2. The number of fused-ring (bicyclic) bond motifs is 1. The molecule has 102 valence electrons. The smallest absolute Gasteiger partial charge is 0.111 e. The van der Waals surface area contributed by atoms with Crippen LogP contribution >= 0.6 is 11.6 Å². The molecule has 1 saturated carbocycles. The summed E-state index contributed by atoms with van der Waals surface area (Å²) in [6.45, 7) is 4.35. The lowest BCUT2D eigenvalue weighted by atomic mass is 10.1. The maximum atomic E-state index is 6.25. The summed E-state index contributed by atoms with van der Waals surface area (Å²) in [7, 11) is 0. The van der Waals surface area contributed by atoms with Gasteiger partial charge in [-0.25, -0.2) is 4.98 Å². The minimum atomic E-state index is 0.241. The van der Waals surface area contributed by atoms with Gasteiger partial charge < -0.3 is 10.3 Å². The highest BCUT2D eigenvalue weighted by molar-refractivity contribution is 6.31. The average Bonchev–Trinajstić information content (AvgIpc) is 3.11. The van der Waals surface area contributed by atoms with Gasteiger partial charge in [0.25, 0.3) is 0 Å². The number of halogens is 1. The van der Waals surface area contributed by atoms with Gasteiger partial charge in [-0.3, -0.25) is 0 Å². The number of aromatic nitrogens is 2. The van der Waals surface area contributed by atoms with Crippen LogP contribution in [0.4, 0.5) is 0 Å². The molecule has 2 N–H and O–H groups in total. The summed E-state index contributed by atoms with van der Waals surface area (Å²) in [6.07, 6.45) is 3.40. The molecule has 0 bridgehead atoms. The van der Waals surface area contributed by atoms with Crippen LogP contribution in [0.2, 0.25) is 5.02 Å². The number of hydrogen-bond acceptors (Lipinski definition) is 2. The summed E-state index contributed by atoms with van der Waals surface area (Å²) in [4.78, 5) is 4.75. The van der Waals surface area contributed by atoms with Crippen LogP contribution in [0.5, 0.6) is 0 Å². The Morgan fingerprint density at radius 1 is 1.42 bits per heavy atom. The minimum absolute atomic E-state index is 0.241. The third-order valence-corrected chi connectivity index (χ3v) is 4.12. The molecule has 4 heteroatoms. The van der Waals surface area contributed by atoms with Gasteiger partial charge in [-0.1, -0.05) is 11.6 Å². The predicted molar refractivity (Wildman–Crippen MR) is 79.5 cm³/mol. The highest BCUT2D eigenvalue weighted by Crippen LogP contribution is 2.33. The van der Waals surface area contributed by atoms with E-state index in [0.717, 1.165) is 28.3 Å². The van der Waals surface area contributed by atoms with E-state index >= 15 is 0 Å². The van der Waals surface area contributed by atoms with E-state index in [1.807, 2.05) is 18.2 Å². The Hall–Kier alpha value is -1.06. The summed E-state index contributed by atoms with van der Waals surface area (Å²) < 4.78 is 2.27. The lowest BCUT2D eigenvalue weighted by molar-refractivity contribution is 0.526. The molecule has 1 aromatic heterocycles. The Bertz CT molecular complexity index is 599. The first-order valence-electron chi connectivity index (χ1n) is 6.98. The third-order valence-electron chi connectivity index (χ3n) is 3.89. The molecule has 3 nitrogen and oxygen atoms in total. The Balaban J connectivity index is 2.04. The Morgan fingerprint density at radius 2 is 2.16 bits per heavy atom. The van der Waals surface area contributed by atoms with Crippen molar-refractivity contribution in [3.63, 3.8) is 0 Å². The number of rotatable bonds is 4. The van der Waals surface area contributed by atoms with E-state index < -0.39 is 0 Å². The van der Waals surface area contributed by atoms with Gasteiger partial charge >= 0.3 is 0 Å². The quantitative estimate of drug-likeness (QED) is 0.929. The Labute approximate surface area is 118 Å². The number of hydrogen-bond donors (Lipinski definition) is 1. The van der Waals surface area contributed by atoms with Crippen LogP contribution in [-0.4, -0.2) is 15.6 Å². The second kappa shape index (κ2) is 4.80. The van der Waals surface area contributed by atoms with Gasteiger partial charge in [-0.15, -0.1) is 0 Å². The van der Waals surface area contributed by atoms with Crippen molar-refractivity contribution in [3.05, 3.63) is 29.0 Å². The van der Waals surface area contributed by atoms with Gasteiger partial charge in [0.1, 0.15) is 5.82 Å². The van der Waals surface area contributed by atoms with E-state index in [0.29, 0.717) is 12.0 Å². The largest absolute Gasteiger partial charge is 0.327 e. The molecule has 0 saturated heterocycles. The lowest BCUT2D eigenvalue weighted by Crippen LogP contribution is -2.27. The topological polar surface area (TPSA) is 43.8 Å². The van der Waals surface area contributed by atoms with Crippen LogP contribution in [0.25, 0.3) is 11.0 Å². The maximum Gasteiger partial charge on any atom is 0.111 e. The van der Waals surface area contributed by atoms with E-state index in [1.165, 1.54) is 12.8 Å². The van der Waals surface area contributed by atoms with Crippen LogP contribution in [0.15, 0.2) is 18.2 Å². The fraction of sp³-hybridized carbons (Fsp3) is 0.533. The predicted octanol–water partition coefficient (Wildman–Crippen LogP) is 3.55. The molecular formula is C15H20ClN3. The third kappa shape index (κ3) is 2.49. The van der Waals surface area contributed by atoms with Gasteiger partial charge in [0.15, 0.2) is 0 Å². The summed E-state index contributed by atoms with van der Waals surface area (Å²) in [5, 5.41) is 0.757. The molecule has 1 aliphatic rings. The SMILES string of the molecule is CC(C)n1c(CC(N)C2CC2)nc2ccc(Cl)cc21. The molecule has 1 fully saturated rings. The van der Waals surface area contributed by atoms with Crippen molar-refractivity contribution in [1.82, 2.24) is 9.55 Å². The number of nitrogens with two attached hydrogens (primary N) is 1. The van der Waals surface area contributed by atoms with Gasteiger partial charge in [-0.05, 0) is 50.8 Å².